The smallest absolute Gasteiger partial charge is 0.251 e. The van der Waals surface area contributed by atoms with Crippen LogP contribution in [0.5, 0.6) is 0 Å². The maximum Gasteiger partial charge on any atom is 0.251 e. The highest BCUT2D eigenvalue weighted by molar-refractivity contribution is 8.00. The Kier molecular flexibility index (Phi) is 8.18. The first-order valence-corrected chi connectivity index (χ1v) is 11.2. The van der Waals surface area contributed by atoms with Crippen LogP contribution in [-0.2, 0) is 10.5 Å². The van der Waals surface area contributed by atoms with E-state index in [1.54, 1.807) is 36.4 Å². The number of halogens is 2. The maximum atomic E-state index is 12.9. The molecular weight excluding hydrogens is 447 g/mol. The van der Waals surface area contributed by atoms with Crippen molar-refractivity contribution in [3.8, 4) is 0 Å². The lowest BCUT2D eigenvalue weighted by Gasteiger charge is -2.05. The molecule has 0 saturated carbocycles. The molecule has 30 heavy (non-hydrogen) atoms. The van der Waals surface area contributed by atoms with Crippen molar-refractivity contribution in [2.24, 2.45) is 0 Å². The largest absolute Gasteiger partial charge is 0.352 e. The average Bonchev–Trinajstić information content (AvgIpc) is 3.18. The summed E-state index contributed by atoms with van der Waals surface area (Å²) in [5.74, 6) is -0.0360. The molecule has 0 bridgehead atoms. The minimum atomic E-state index is -0.269. The number of carbonyl (C=O) groups is 2. The second-order valence-electron chi connectivity index (χ2n) is 6.20. The van der Waals surface area contributed by atoms with Crippen LogP contribution in [0.4, 0.5) is 9.52 Å². The molecule has 0 aliphatic rings. The number of nitrogens with one attached hydrogen (secondary N) is 2. The molecule has 156 valence electrons. The number of nitrogens with zero attached hydrogens (tertiary/aromatic N) is 2. The second-order valence-corrected chi connectivity index (χ2v) is 8.84. The standard InChI is InChI=1S/C20H18ClFN4O2S2/c21-15-7-5-14(6-8-15)18(28)23-11-1-2-17(27)24-19-25-26-20(30-19)29-12-13-3-9-16(22)10-4-13/h3-10H,1-2,11-12H2,(H,23,28)(H,24,25,27). The third-order valence-corrected chi connectivity index (χ3v) is 6.20. The molecule has 0 aliphatic carbocycles. The molecule has 6 nitrogen and oxygen atoms in total. The van der Waals surface area contributed by atoms with Crippen LogP contribution in [0.25, 0.3) is 0 Å². The van der Waals surface area contributed by atoms with E-state index in [9.17, 15) is 14.0 Å². The van der Waals surface area contributed by atoms with Crippen LogP contribution in [0, 0.1) is 5.82 Å². The van der Waals surface area contributed by atoms with Crippen LogP contribution < -0.4 is 10.6 Å². The predicted molar refractivity (Wildman–Crippen MR) is 118 cm³/mol. The Morgan fingerprint density at radius 2 is 1.80 bits per heavy atom. The molecule has 1 aromatic heterocycles. The van der Waals surface area contributed by atoms with Crippen molar-refractivity contribution >= 4 is 51.6 Å². The Balaban J connectivity index is 1.35. The molecular formula is C20H18ClFN4O2S2. The average molecular weight is 465 g/mol. The van der Waals surface area contributed by atoms with E-state index < -0.39 is 0 Å². The van der Waals surface area contributed by atoms with E-state index >= 15 is 0 Å². The quantitative estimate of drug-likeness (QED) is 0.270. The van der Waals surface area contributed by atoms with Gasteiger partial charge in [-0.25, -0.2) is 4.39 Å². The fourth-order valence-electron chi connectivity index (χ4n) is 2.38. The second kappa shape index (κ2) is 11.1. The lowest BCUT2D eigenvalue weighted by atomic mass is 10.2. The molecule has 0 atom stereocenters. The van der Waals surface area contributed by atoms with Crippen molar-refractivity contribution < 1.29 is 14.0 Å². The van der Waals surface area contributed by atoms with E-state index in [4.69, 9.17) is 11.6 Å². The Hall–Kier alpha value is -2.49. The van der Waals surface area contributed by atoms with Crippen molar-refractivity contribution in [2.45, 2.75) is 22.9 Å². The van der Waals surface area contributed by atoms with Gasteiger partial charge in [0.2, 0.25) is 11.0 Å². The zero-order valence-electron chi connectivity index (χ0n) is 15.7. The molecule has 1 heterocycles. The van der Waals surface area contributed by atoms with Crippen LogP contribution in [0.1, 0.15) is 28.8 Å². The number of hydrogen-bond acceptors (Lipinski definition) is 6. The molecule has 3 aromatic rings. The summed E-state index contributed by atoms with van der Waals surface area (Å²) in [4.78, 5) is 24.0. The van der Waals surface area contributed by atoms with Crippen LogP contribution in [0.15, 0.2) is 52.9 Å². The highest BCUT2D eigenvalue weighted by atomic mass is 35.5. The van der Waals surface area contributed by atoms with Crippen LogP contribution in [-0.4, -0.2) is 28.6 Å². The summed E-state index contributed by atoms with van der Waals surface area (Å²) in [7, 11) is 0. The van der Waals surface area contributed by atoms with Crippen LogP contribution in [0.2, 0.25) is 5.02 Å². The summed E-state index contributed by atoms with van der Waals surface area (Å²) < 4.78 is 13.6. The van der Waals surface area contributed by atoms with Gasteiger partial charge in [-0.3, -0.25) is 9.59 Å². The van der Waals surface area contributed by atoms with Gasteiger partial charge >= 0.3 is 0 Å². The third-order valence-electron chi connectivity index (χ3n) is 3.90. The van der Waals surface area contributed by atoms with E-state index in [1.807, 2.05) is 0 Å². The summed E-state index contributed by atoms with van der Waals surface area (Å²) in [5, 5.41) is 14.5. The first-order chi connectivity index (χ1) is 14.5. The lowest BCUT2D eigenvalue weighted by molar-refractivity contribution is -0.116. The van der Waals surface area contributed by atoms with Gasteiger partial charge in [-0.05, 0) is 48.4 Å². The van der Waals surface area contributed by atoms with Gasteiger partial charge in [0.05, 0.1) is 0 Å². The van der Waals surface area contributed by atoms with E-state index in [2.05, 4.69) is 20.8 Å². The van der Waals surface area contributed by atoms with Crippen molar-refractivity contribution in [3.63, 3.8) is 0 Å². The van der Waals surface area contributed by atoms with Crippen molar-refractivity contribution in [1.82, 2.24) is 15.5 Å². The van der Waals surface area contributed by atoms with Crippen molar-refractivity contribution in [3.05, 3.63) is 70.5 Å². The van der Waals surface area contributed by atoms with Gasteiger partial charge in [0.1, 0.15) is 5.82 Å². The fourth-order valence-corrected chi connectivity index (χ4v) is 4.23. The molecule has 2 aromatic carbocycles. The Labute approximate surface area is 186 Å². The fraction of sp³-hybridized carbons (Fsp3) is 0.200. The first-order valence-electron chi connectivity index (χ1n) is 9.04. The van der Waals surface area contributed by atoms with Gasteiger partial charge in [-0.2, -0.15) is 0 Å². The molecule has 2 amide bonds. The summed E-state index contributed by atoms with van der Waals surface area (Å²) in [6, 6.07) is 12.9. The normalized spacial score (nSPS) is 10.6. The van der Waals surface area contributed by atoms with Gasteiger partial charge in [-0.1, -0.05) is 46.8 Å². The predicted octanol–water partition coefficient (Wildman–Crippen LogP) is 4.77. The summed E-state index contributed by atoms with van der Waals surface area (Å²) in [6.07, 6.45) is 0.745. The minimum absolute atomic E-state index is 0.193. The van der Waals surface area contributed by atoms with E-state index in [0.717, 1.165) is 5.56 Å². The molecule has 0 spiro atoms. The molecule has 0 aliphatic heterocycles. The number of amides is 2. The Morgan fingerprint density at radius 1 is 1.07 bits per heavy atom. The van der Waals surface area contributed by atoms with Gasteiger partial charge in [0, 0.05) is 29.3 Å². The number of rotatable bonds is 9. The van der Waals surface area contributed by atoms with Gasteiger partial charge < -0.3 is 10.6 Å². The van der Waals surface area contributed by atoms with Crippen molar-refractivity contribution in [2.75, 3.05) is 11.9 Å². The Bertz CT molecular complexity index is 997. The monoisotopic (exact) mass is 464 g/mol. The molecule has 3 rings (SSSR count). The third kappa shape index (κ3) is 7.08. The van der Waals surface area contributed by atoms with Gasteiger partial charge in [0.25, 0.3) is 5.91 Å². The number of thioether (sulfide) groups is 1. The van der Waals surface area contributed by atoms with E-state index in [0.29, 0.717) is 38.8 Å². The zero-order chi connectivity index (χ0) is 21.3. The Morgan fingerprint density at radius 3 is 2.53 bits per heavy atom. The topological polar surface area (TPSA) is 84.0 Å². The van der Waals surface area contributed by atoms with E-state index in [1.165, 1.54) is 35.2 Å². The number of aromatic nitrogens is 2. The number of anilines is 1. The first kappa shape index (κ1) is 22.2. The summed E-state index contributed by atoms with van der Waals surface area (Å²) in [6.45, 7) is 0.379. The molecule has 2 N–H and O–H groups in total. The number of benzene rings is 2. The highest BCUT2D eigenvalue weighted by Crippen LogP contribution is 2.28. The molecule has 10 heteroatoms. The summed E-state index contributed by atoms with van der Waals surface area (Å²) in [5.41, 5.74) is 1.49. The lowest BCUT2D eigenvalue weighted by Crippen LogP contribution is -2.25. The highest BCUT2D eigenvalue weighted by Gasteiger charge is 2.10. The zero-order valence-corrected chi connectivity index (χ0v) is 18.1. The number of carbonyl (C=O) groups excluding carboxylic acids is 2. The van der Waals surface area contributed by atoms with Crippen LogP contribution in [0.3, 0.4) is 0 Å². The van der Waals surface area contributed by atoms with Gasteiger partial charge in [-0.15, -0.1) is 10.2 Å². The molecule has 0 unspecified atom stereocenters. The SMILES string of the molecule is O=C(CCCNC(=O)c1ccc(Cl)cc1)Nc1nnc(SCc2ccc(F)cc2)s1. The number of hydrogen-bond donors (Lipinski definition) is 2. The summed E-state index contributed by atoms with van der Waals surface area (Å²) >= 11 is 8.54. The minimum Gasteiger partial charge on any atom is -0.352 e. The maximum absolute atomic E-state index is 12.9. The van der Waals surface area contributed by atoms with Gasteiger partial charge in [0.15, 0.2) is 4.34 Å². The van der Waals surface area contributed by atoms with E-state index in [-0.39, 0.29) is 24.1 Å². The molecule has 0 fully saturated rings. The van der Waals surface area contributed by atoms with Crippen molar-refractivity contribution in [1.29, 1.82) is 0 Å². The molecule has 0 radical (unpaired) electrons. The molecule has 0 saturated heterocycles. The van der Waals surface area contributed by atoms with Crippen LogP contribution >= 0.6 is 34.7 Å².